The van der Waals surface area contributed by atoms with E-state index in [0.717, 1.165) is 12.1 Å². The summed E-state index contributed by atoms with van der Waals surface area (Å²) in [6.07, 6.45) is -0.451. The summed E-state index contributed by atoms with van der Waals surface area (Å²) in [5.74, 6) is 0. The molecule has 0 saturated carbocycles. The highest BCUT2D eigenvalue weighted by molar-refractivity contribution is 6.88. The number of nitrogens with one attached hydrogen (secondary N) is 1. The maximum atomic E-state index is 10.1. The van der Waals surface area contributed by atoms with E-state index in [9.17, 15) is 5.11 Å². The Morgan fingerprint density at radius 1 is 0.952 bits per heavy atom. The molecule has 0 radical (unpaired) electrons. The van der Waals surface area contributed by atoms with Gasteiger partial charge in [0.1, 0.15) is 0 Å². The lowest BCUT2D eigenvalue weighted by atomic mass is 10.1. The molecule has 0 aliphatic carbocycles. The minimum Gasteiger partial charge on any atom is -0.387 e. The third-order valence-electron chi connectivity index (χ3n) is 3.67. The molecule has 0 aromatic heterocycles. The Hall–Kier alpha value is -1.42. The molecule has 0 heterocycles. The number of rotatable bonds is 6. The van der Waals surface area contributed by atoms with Gasteiger partial charge in [-0.3, -0.25) is 0 Å². The van der Waals surface area contributed by atoms with Crippen molar-refractivity contribution in [2.75, 3.05) is 6.54 Å². The Balaban J connectivity index is 1.84. The van der Waals surface area contributed by atoms with Gasteiger partial charge >= 0.3 is 0 Å². The van der Waals surface area contributed by atoms with Gasteiger partial charge in [0.15, 0.2) is 0 Å². The highest BCUT2D eigenvalue weighted by Gasteiger charge is 2.15. The van der Waals surface area contributed by atoms with Crippen molar-refractivity contribution in [3.8, 4) is 0 Å². The zero-order valence-corrected chi connectivity index (χ0v) is 14.1. The van der Waals surface area contributed by atoms with Gasteiger partial charge in [0.2, 0.25) is 0 Å². The van der Waals surface area contributed by atoms with Gasteiger partial charge in [-0.2, -0.15) is 0 Å². The molecule has 2 N–H and O–H groups in total. The van der Waals surface area contributed by atoms with Crippen molar-refractivity contribution in [2.45, 2.75) is 32.3 Å². The maximum Gasteiger partial charge on any atom is 0.0914 e. The molecule has 1 unspecified atom stereocenters. The van der Waals surface area contributed by atoms with Crippen molar-refractivity contribution in [3.63, 3.8) is 0 Å². The second kappa shape index (κ2) is 7.03. The van der Waals surface area contributed by atoms with E-state index >= 15 is 0 Å². The van der Waals surface area contributed by atoms with Gasteiger partial charge in [-0.05, 0) is 11.1 Å². The first-order valence-electron chi connectivity index (χ1n) is 7.50. The summed E-state index contributed by atoms with van der Waals surface area (Å²) in [4.78, 5) is 0. The maximum absolute atomic E-state index is 10.1. The molecule has 0 amide bonds. The topological polar surface area (TPSA) is 32.3 Å². The van der Waals surface area contributed by atoms with E-state index in [-0.39, 0.29) is 0 Å². The van der Waals surface area contributed by atoms with E-state index in [4.69, 9.17) is 0 Å². The second-order valence-electron chi connectivity index (χ2n) is 6.50. The molecule has 0 aliphatic rings. The van der Waals surface area contributed by atoms with Crippen LogP contribution in [0.2, 0.25) is 19.6 Å². The highest BCUT2D eigenvalue weighted by atomic mass is 28.3. The SMILES string of the molecule is C[Si](C)(C)c1ccc(CNCC(O)c2ccccc2)cc1. The van der Waals surface area contributed by atoms with Crippen LogP contribution in [0.15, 0.2) is 54.6 Å². The van der Waals surface area contributed by atoms with Crippen molar-refractivity contribution in [1.82, 2.24) is 5.32 Å². The third kappa shape index (κ3) is 4.81. The molecule has 2 rings (SSSR count). The molecule has 0 aliphatic heterocycles. The van der Waals surface area contributed by atoms with Crippen LogP contribution < -0.4 is 10.5 Å². The lowest BCUT2D eigenvalue weighted by Crippen LogP contribution is -2.37. The summed E-state index contributed by atoms with van der Waals surface area (Å²) in [6.45, 7) is 8.43. The molecule has 3 heteroatoms. The third-order valence-corrected chi connectivity index (χ3v) is 5.74. The molecule has 2 aromatic rings. The van der Waals surface area contributed by atoms with Crippen LogP contribution >= 0.6 is 0 Å². The minimum absolute atomic E-state index is 0.451. The van der Waals surface area contributed by atoms with E-state index in [1.54, 1.807) is 0 Å². The van der Waals surface area contributed by atoms with Crippen molar-refractivity contribution in [1.29, 1.82) is 0 Å². The number of benzene rings is 2. The van der Waals surface area contributed by atoms with E-state index in [1.807, 2.05) is 30.3 Å². The number of aliphatic hydroxyl groups is 1. The summed E-state index contributed by atoms with van der Waals surface area (Å²) in [5, 5.41) is 14.9. The number of aliphatic hydroxyl groups excluding tert-OH is 1. The lowest BCUT2D eigenvalue weighted by molar-refractivity contribution is 0.174. The van der Waals surface area contributed by atoms with Gasteiger partial charge in [0.05, 0.1) is 14.2 Å². The van der Waals surface area contributed by atoms with Crippen LogP contribution in [-0.2, 0) is 6.54 Å². The molecule has 0 fully saturated rings. The van der Waals surface area contributed by atoms with Crippen LogP contribution in [0.1, 0.15) is 17.2 Å². The number of hydrogen-bond donors (Lipinski definition) is 2. The molecule has 1 atom stereocenters. The van der Waals surface area contributed by atoms with Crippen molar-refractivity contribution < 1.29 is 5.11 Å². The van der Waals surface area contributed by atoms with E-state index < -0.39 is 14.2 Å². The average Bonchev–Trinajstić information content (AvgIpc) is 2.47. The Morgan fingerprint density at radius 2 is 1.57 bits per heavy atom. The smallest absolute Gasteiger partial charge is 0.0914 e. The molecular weight excluding hydrogens is 274 g/mol. The predicted octanol–water partition coefficient (Wildman–Crippen LogP) is 3.06. The van der Waals surface area contributed by atoms with Crippen molar-refractivity contribution >= 4 is 13.3 Å². The molecule has 2 nitrogen and oxygen atoms in total. The first kappa shape index (κ1) is 16.0. The molecule has 0 bridgehead atoms. The average molecular weight is 299 g/mol. The van der Waals surface area contributed by atoms with Crippen LogP contribution in [0.25, 0.3) is 0 Å². The largest absolute Gasteiger partial charge is 0.387 e. The first-order valence-corrected chi connectivity index (χ1v) is 11.0. The quantitative estimate of drug-likeness (QED) is 0.804. The molecule has 0 spiro atoms. The summed E-state index contributed by atoms with van der Waals surface area (Å²) in [5.41, 5.74) is 2.22. The van der Waals surface area contributed by atoms with Crippen LogP contribution in [0.5, 0.6) is 0 Å². The summed E-state index contributed by atoms with van der Waals surface area (Å²) < 4.78 is 0. The van der Waals surface area contributed by atoms with Gasteiger partial charge in [-0.1, -0.05) is 79.4 Å². The van der Waals surface area contributed by atoms with Crippen molar-refractivity contribution in [2.24, 2.45) is 0 Å². The Labute approximate surface area is 128 Å². The summed E-state index contributed by atoms with van der Waals surface area (Å²) >= 11 is 0. The molecular formula is C18H25NOSi. The zero-order valence-electron chi connectivity index (χ0n) is 13.1. The molecule has 0 saturated heterocycles. The molecule has 2 aromatic carbocycles. The van der Waals surface area contributed by atoms with Crippen LogP contribution in [0.4, 0.5) is 0 Å². The van der Waals surface area contributed by atoms with E-state index in [2.05, 4.69) is 49.2 Å². The Kier molecular flexibility index (Phi) is 5.34. The molecule has 21 heavy (non-hydrogen) atoms. The Morgan fingerprint density at radius 3 is 2.14 bits per heavy atom. The fourth-order valence-electron chi connectivity index (χ4n) is 2.27. The van der Waals surface area contributed by atoms with Gasteiger partial charge in [0.25, 0.3) is 0 Å². The monoisotopic (exact) mass is 299 g/mol. The summed E-state index contributed by atoms with van der Waals surface area (Å²) in [6, 6.07) is 18.6. The van der Waals surface area contributed by atoms with E-state index in [1.165, 1.54) is 10.8 Å². The summed E-state index contributed by atoms with van der Waals surface area (Å²) in [7, 11) is -1.21. The van der Waals surface area contributed by atoms with Crippen LogP contribution in [0.3, 0.4) is 0 Å². The molecule has 112 valence electrons. The first-order chi connectivity index (χ1) is 9.97. The van der Waals surface area contributed by atoms with E-state index in [0.29, 0.717) is 6.54 Å². The predicted molar refractivity (Wildman–Crippen MR) is 92.5 cm³/mol. The lowest BCUT2D eigenvalue weighted by Gasteiger charge is -2.17. The van der Waals surface area contributed by atoms with Crippen LogP contribution in [-0.4, -0.2) is 19.7 Å². The Bertz CT molecular complexity index is 546. The zero-order chi connectivity index (χ0) is 15.3. The van der Waals surface area contributed by atoms with Crippen molar-refractivity contribution in [3.05, 3.63) is 65.7 Å². The number of hydrogen-bond acceptors (Lipinski definition) is 2. The minimum atomic E-state index is -1.21. The van der Waals surface area contributed by atoms with Crippen LogP contribution in [0, 0.1) is 0 Å². The van der Waals surface area contributed by atoms with Gasteiger partial charge < -0.3 is 10.4 Å². The second-order valence-corrected chi connectivity index (χ2v) is 11.6. The standard InChI is InChI=1S/C18H25NOSi/c1-21(2,3)17-11-9-15(10-12-17)13-19-14-18(20)16-7-5-4-6-8-16/h4-12,18-20H,13-14H2,1-3H3. The van der Waals surface area contributed by atoms with Gasteiger partial charge in [-0.25, -0.2) is 0 Å². The normalized spacial score (nSPS) is 13.1. The van der Waals surface area contributed by atoms with Gasteiger partial charge in [-0.15, -0.1) is 0 Å². The fraction of sp³-hybridized carbons (Fsp3) is 0.333. The fourth-order valence-corrected chi connectivity index (χ4v) is 3.44. The highest BCUT2D eigenvalue weighted by Crippen LogP contribution is 2.11. The van der Waals surface area contributed by atoms with Gasteiger partial charge in [0, 0.05) is 13.1 Å².